The van der Waals surface area contributed by atoms with Gasteiger partial charge in [-0.05, 0) is 49.2 Å². The summed E-state index contributed by atoms with van der Waals surface area (Å²) in [5, 5.41) is 0. The number of carbonyl (C=O) groups excluding carboxylic acids is 2. The molecule has 10 heteroatoms. The van der Waals surface area contributed by atoms with Crippen molar-refractivity contribution in [2.45, 2.75) is 18.7 Å². The molecule has 2 aromatic rings. The molecule has 0 radical (unpaired) electrons. The van der Waals surface area contributed by atoms with E-state index >= 15 is 0 Å². The van der Waals surface area contributed by atoms with Crippen molar-refractivity contribution in [2.75, 3.05) is 20.8 Å². The third-order valence-electron chi connectivity index (χ3n) is 4.08. The number of nitrogens with one attached hydrogen (secondary N) is 2. The summed E-state index contributed by atoms with van der Waals surface area (Å²) in [5.74, 6) is -0.525. The molecular formula is C19H23N3O6S. The van der Waals surface area contributed by atoms with Crippen LogP contribution in [0.25, 0.3) is 0 Å². The lowest BCUT2D eigenvalue weighted by Crippen LogP contribution is -2.43. The van der Waals surface area contributed by atoms with Crippen molar-refractivity contribution in [3.63, 3.8) is 0 Å². The molecule has 29 heavy (non-hydrogen) atoms. The van der Waals surface area contributed by atoms with Gasteiger partial charge in [0.25, 0.3) is 21.8 Å². The van der Waals surface area contributed by atoms with Crippen molar-refractivity contribution >= 4 is 21.8 Å². The first-order valence-electron chi connectivity index (χ1n) is 8.58. The van der Waals surface area contributed by atoms with E-state index in [1.807, 2.05) is 32.0 Å². The van der Waals surface area contributed by atoms with Crippen LogP contribution >= 0.6 is 0 Å². The lowest BCUT2D eigenvalue weighted by Gasteiger charge is -2.14. The van der Waals surface area contributed by atoms with E-state index < -0.39 is 21.8 Å². The second kappa shape index (κ2) is 9.50. The molecule has 0 heterocycles. The van der Waals surface area contributed by atoms with Gasteiger partial charge in [0.1, 0.15) is 5.75 Å². The molecule has 0 bridgehead atoms. The number of rotatable bonds is 7. The third-order valence-corrected chi connectivity index (χ3v) is 5.78. The molecule has 2 rings (SSSR count). The Morgan fingerprint density at radius 2 is 1.59 bits per heavy atom. The zero-order chi connectivity index (χ0) is 21.6. The van der Waals surface area contributed by atoms with Crippen LogP contribution in [-0.4, -0.2) is 45.5 Å². The fourth-order valence-electron chi connectivity index (χ4n) is 2.42. The SMILES string of the molecule is CON(C)S(=O)(=O)c1ccc(C(=O)NNC(=O)COc2c(C)cccc2C)cc1. The van der Waals surface area contributed by atoms with Crippen molar-refractivity contribution in [2.24, 2.45) is 0 Å². The fourth-order valence-corrected chi connectivity index (χ4v) is 3.40. The summed E-state index contributed by atoms with van der Waals surface area (Å²) in [6.45, 7) is 3.47. The summed E-state index contributed by atoms with van der Waals surface area (Å²) >= 11 is 0. The van der Waals surface area contributed by atoms with Crippen LogP contribution in [0.15, 0.2) is 47.4 Å². The standard InChI is InChI=1S/C19H23N3O6S/c1-13-6-5-7-14(2)18(13)28-12-17(23)20-21-19(24)15-8-10-16(11-9-15)29(25,26)22(3)27-4/h5-11H,12H2,1-4H3,(H,20,23)(H,21,24). The Bertz CT molecular complexity index is 969. The van der Waals surface area contributed by atoms with Gasteiger partial charge in [-0.15, -0.1) is 0 Å². The van der Waals surface area contributed by atoms with E-state index in [0.29, 0.717) is 10.2 Å². The molecule has 0 spiro atoms. The van der Waals surface area contributed by atoms with Crippen molar-refractivity contribution in [1.29, 1.82) is 0 Å². The van der Waals surface area contributed by atoms with Gasteiger partial charge in [-0.25, -0.2) is 8.42 Å². The van der Waals surface area contributed by atoms with Gasteiger partial charge >= 0.3 is 0 Å². The minimum Gasteiger partial charge on any atom is -0.483 e. The molecule has 0 saturated heterocycles. The molecule has 0 atom stereocenters. The first kappa shape index (κ1) is 22.3. The molecule has 2 aromatic carbocycles. The highest BCUT2D eigenvalue weighted by Crippen LogP contribution is 2.22. The Labute approximate surface area is 169 Å². The molecular weight excluding hydrogens is 398 g/mol. The van der Waals surface area contributed by atoms with Gasteiger partial charge in [0.2, 0.25) is 0 Å². The van der Waals surface area contributed by atoms with E-state index in [-0.39, 0.29) is 17.1 Å². The van der Waals surface area contributed by atoms with Crippen LogP contribution in [0.3, 0.4) is 0 Å². The fraction of sp³-hybridized carbons (Fsp3) is 0.263. The van der Waals surface area contributed by atoms with Crippen molar-refractivity contribution < 1.29 is 27.6 Å². The van der Waals surface area contributed by atoms with Crippen LogP contribution < -0.4 is 15.6 Å². The Kier molecular flexibility index (Phi) is 7.32. The molecule has 0 unspecified atom stereocenters. The molecule has 2 amide bonds. The van der Waals surface area contributed by atoms with Crippen LogP contribution in [0.2, 0.25) is 0 Å². The lowest BCUT2D eigenvalue weighted by molar-refractivity contribution is -0.123. The quantitative estimate of drug-likeness (QED) is 0.652. The van der Waals surface area contributed by atoms with Gasteiger partial charge in [-0.3, -0.25) is 25.3 Å². The van der Waals surface area contributed by atoms with Crippen LogP contribution in [0.4, 0.5) is 0 Å². The lowest BCUT2D eigenvalue weighted by atomic mass is 10.1. The van der Waals surface area contributed by atoms with E-state index in [0.717, 1.165) is 11.1 Å². The normalized spacial score (nSPS) is 11.2. The molecule has 0 fully saturated rings. The second-order valence-electron chi connectivity index (χ2n) is 6.13. The molecule has 9 nitrogen and oxygen atoms in total. The summed E-state index contributed by atoms with van der Waals surface area (Å²) in [6, 6.07) is 10.8. The predicted molar refractivity (Wildman–Crippen MR) is 105 cm³/mol. The molecule has 156 valence electrons. The molecule has 0 aliphatic rings. The number of hydrogen-bond donors (Lipinski definition) is 2. The van der Waals surface area contributed by atoms with Crippen molar-refractivity contribution in [1.82, 2.24) is 15.3 Å². The summed E-state index contributed by atoms with van der Waals surface area (Å²) < 4.78 is 30.5. The Morgan fingerprint density at radius 3 is 2.14 bits per heavy atom. The van der Waals surface area contributed by atoms with Gasteiger partial charge in [-0.1, -0.05) is 22.7 Å². The van der Waals surface area contributed by atoms with Crippen LogP contribution in [-0.2, 0) is 19.7 Å². The maximum atomic E-state index is 12.1. The molecule has 2 N–H and O–H groups in total. The Hall–Kier alpha value is -2.95. The predicted octanol–water partition coefficient (Wildman–Crippen LogP) is 1.33. The van der Waals surface area contributed by atoms with E-state index in [9.17, 15) is 18.0 Å². The highest BCUT2D eigenvalue weighted by Gasteiger charge is 2.21. The minimum absolute atomic E-state index is 0.0376. The highest BCUT2D eigenvalue weighted by atomic mass is 32.2. The van der Waals surface area contributed by atoms with Crippen LogP contribution in [0.5, 0.6) is 5.75 Å². The maximum absolute atomic E-state index is 12.1. The number of hydrazine groups is 1. The number of para-hydroxylation sites is 1. The number of ether oxygens (including phenoxy) is 1. The van der Waals surface area contributed by atoms with Crippen LogP contribution in [0.1, 0.15) is 21.5 Å². The Balaban J connectivity index is 1.91. The number of nitrogens with zero attached hydrogens (tertiary/aromatic N) is 1. The molecule has 0 aliphatic carbocycles. The summed E-state index contributed by atoms with van der Waals surface area (Å²) in [6.07, 6.45) is 0. The third kappa shape index (κ3) is 5.53. The number of aryl methyl sites for hydroxylation is 2. The molecule has 0 saturated carbocycles. The second-order valence-corrected chi connectivity index (χ2v) is 8.07. The van der Waals surface area contributed by atoms with E-state index in [1.165, 1.54) is 38.4 Å². The highest BCUT2D eigenvalue weighted by molar-refractivity contribution is 7.89. The van der Waals surface area contributed by atoms with Crippen molar-refractivity contribution in [3.05, 3.63) is 59.2 Å². The monoisotopic (exact) mass is 421 g/mol. The van der Waals surface area contributed by atoms with Gasteiger partial charge in [0.05, 0.1) is 12.0 Å². The Morgan fingerprint density at radius 1 is 1.00 bits per heavy atom. The van der Waals surface area contributed by atoms with Gasteiger partial charge in [-0.2, -0.15) is 0 Å². The molecule has 0 aliphatic heterocycles. The first-order chi connectivity index (χ1) is 13.7. The maximum Gasteiger partial charge on any atom is 0.276 e. The number of hydroxylamine groups is 1. The number of carbonyl (C=O) groups is 2. The topological polar surface area (TPSA) is 114 Å². The van der Waals surface area contributed by atoms with Crippen molar-refractivity contribution in [3.8, 4) is 5.75 Å². The average molecular weight is 421 g/mol. The number of hydrogen-bond acceptors (Lipinski definition) is 6. The summed E-state index contributed by atoms with van der Waals surface area (Å²) in [7, 11) is -1.32. The van der Waals surface area contributed by atoms with E-state index in [2.05, 4.69) is 15.7 Å². The number of sulfonamides is 1. The van der Waals surface area contributed by atoms with Gasteiger partial charge in [0.15, 0.2) is 6.61 Å². The molecule has 0 aromatic heterocycles. The van der Waals surface area contributed by atoms with Gasteiger partial charge in [0, 0.05) is 12.6 Å². The minimum atomic E-state index is -3.80. The van der Waals surface area contributed by atoms with Crippen LogP contribution in [0, 0.1) is 13.8 Å². The zero-order valence-electron chi connectivity index (χ0n) is 16.6. The number of amides is 2. The summed E-state index contributed by atoms with van der Waals surface area (Å²) in [5.41, 5.74) is 6.47. The largest absolute Gasteiger partial charge is 0.483 e. The smallest absolute Gasteiger partial charge is 0.276 e. The first-order valence-corrected chi connectivity index (χ1v) is 10.0. The summed E-state index contributed by atoms with van der Waals surface area (Å²) in [4.78, 5) is 28.7. The average Bonchev–Trinajstić information content (AvgIpc) is 2.71. The van der Waals surface area contributed by atoms with Gasteiger partial charge < -0.3 is 4.74 Å². The number of benzene rings is 2. The van der Waals surface area contributed by atoms with E-state index in [1.54, 1.807) is 0 Å². The zero-order valence-corrected chi connectivity index (χ0v) is 17.4. The van der Waals surface area contributed by atoms with E-state index in [4.69, 9.17) is 4.74 Å².